The molecule has 7 heteroatoms. The highest BCUT2D eigenvalue weighted by atomic mass is 79.9. The van der Waals surface area contributed by atoms with Crippen LogP contribution in [0.2, 0.25) is 0 Å². The lowest BCUT2D eigenvalue weighted by Gasteiger charge is -1.99. The van der Waals surface area contributed by atoms with E-state index < -0.39 is 0 Å². The Balaban J connectivity index is -0.000000208. The van der Waals surface area contributed by atoms with Gasteiger partial charge in [-0.1, -0.05) is 31.9 Å². The molecule has 3 N–H and O–H groups in total. The predicted octanol–water partition coefficient (Wildman–Crippen LogP) is 2.44. The maximum Gasteiger partial charge on any atom is 0.406 e. The van der Waals surface area contributed by atoms with Gasteiger partial charge in [0.15, 0.2) is 0 Å². The van der Waals surface area contributed by atoms with E-state index in [1.165, 1.54) is 7.11 Å². The fraction of sp³-hybridized carbons (Fsp3) is 0.875. The van der Waals surface area contributed by atoms with Gasteiger partial charge in [-0.3, -0.25) is 0 Å². The van der Waals surface area contributed by atoms with E-state index in [0.29, 0.717) is 6.54 Å². The normalized spacial score (nSPS) is 8.00. The molecule has 0 bridgehead atoms. The number of nitrogens with two attached hydrogens (primary N) is 1. The van der Waals surface area contributed by atoms with Gasteiger partial charge >= 0.3 is 6.09 Å². The molecule has 0 saturated carbocycles. The number of alkyl carbamates (subject to hydrolysis) is 1. The molecule has 0 spiro atoms. The van der Waals surface area contributed by atoms with E-state index in [4.69, 9.17) is 5.73 Å². The SMILES string of the molecule is Br.COC(=O)NCCCBr.NCCCBr. The number of rotatable bonds is 5. The summed E-state index contributed by atoms with van der Waals surface area (Å²) in [6.07, 6.45) is 1.64. The molecule has 0 saturated heterocycles. The number of halogens is 3. The topological polar surface area (TPSA) is 64.3 Å². The number of ether oxygens (including phenoxy) is 1. The first-order chi connectivity index (χ1) is 6.72. The monoisotopic (exact) mass is 412 g/mol. The minimum Gasteiger partial charge on any atom is -0.453 e. The average Bonchev–Trinajstić information content (AvgIpc) is 2.20. The summed E-state index contributed by atoms with van der Waals surface area (Å²) < 4.78 is 4.33. The van der Waals surface area contributed by atoms with Gasteiger partial charge < -0.3 is 15.8 Å². The van der Waals surface area contributed by atoms with Gasteiger partial charge in [0.25, 0.3) is 0 Å². The molecule has 0 aromatic carbocycles. The van der Waals surface area contributed by atoms with Crippen molar-refractivity contribution in [2.75, 3.05) is 30.9 Å². The zero-order valence-corrected chi connectivity index (χ0v) is 13.7. The van der Waals surface area contributed by atoms with Crippen molar-refractivity contribution in [2.24, 2.45) is 5.73 Å². The summed E-state index contributed by atoms with van der Waals surface area (Å²) in [6, 6.07) is 0. The summed E-state index contributed by atoms with van der Waals surface area (Å²) >= 11 is 6.46. The Morgan fingerprint density at radius 1 is 1.33 bits per heavy atom. The van der Waals surface area contributed by atoms with E-state index >= 15 is 0 Å². The van der Waals surface area contributed by atoms with Crippen molar-refractivity contribution in [2.45, 2.75) is 12.8 Å². The molecule has 0 aromatic rings. The molecule has 0 aliphatic rings. The molecule has 0 fully saturated rings. The van der Waals surface area contributed by atoms with Crippen LogP contribution in [0, 0.1) is 0 Å². The van der Waals surface area contributed by atoms with Crippen LogP contribution in [0.1, 0.15) is 12.8 Å². The molecule has 0 aromatic heterocycles. The van der Waals surface area contributed by atoms with Crippen LogP contribution in [0.5, 0.6) is 0 Å². The molecular weight excluding hydrogens is 396 g/mol. The highest BCUT2D eigenvalue weighted by molar-refractivity contribution is 9.09. The second kappa shape index (κ2) is 20.1. The molecule has 94 valence electrons. The van der Waals surface area contributed by atoms with Gasteiger partial charge in [0, 0.05) is 17.2 Å². The van der Waals surface area contributed by atoms with Crippen molar-refractivity contribution in [1.29, 1.82) is 0 Å². The fourth-order valence-corrected chi connectivity index (χ4v) is 1.01. The second-order valence-corrected chi connectivity index (χ2v) is 3.88. The summed E-state index contributed by atoms with van der Waals surface area (Å²) in [7, 11) is 1.35. The highest BCUT2D eigenvalue weighted by Gasteiger charge is 1.93. The van der Waals surface area contributed by atoms with E-state index in [1.807, 2.05) is 0 Å². The molecule has 0 aliphatic carbocycles. The van der Waals surface area contributed by atoms with E-state index in [0.717, 1.165) is 30.0 Å². The number of nitrogens with one attached hydrogen (secondary N) is 1. The summed E-state index contributed by atoms with van der Waals surface area (Å²) in [5, 5.41) is 4.47. The molecule has 0 heterocycles. The van der Waals surface area contributed by atoms with Crippen molar-refractivity contribution in [3.05, 3.63) is 0 Å². The van der Waals surface area contributed by atoms with E-state index in [2.05, 4.69) is 41.9 Å². The first-order valence-electron chi connectivity index (χ1n) is 4.36. The largest absolute Gasteiger partial charge is 0.453 e. The zero-order chi connectivity index (χ0) is 11.2. The highest BCUT2D eigenvalue weighted by Crippen LogP contribution is 1.84. The van der Waals surface area contributed by atoms with Crippen molar-refractivity contribution >= 4 is 54.9 Å². The van der Waals surface area contributed by atoms with Crippen molar-refractivity contribution in [3.63, 3.8) is 0 Å². The molecule has 0 aliphatic heterocycles. The van der Waals surface area contributed by atoms with Crippen LogP contribution in [0.15, 0.2) is 0 Å². The Bertz CT molecular complexity index is 126. The third-order valence-corrected chi connectivity index (χ3v) is 2.22. The van der Waals surface area contributed by atoms with Crippen LogP contribution in [0.4, 0.5) is 4.79 Å². The summed E-state index contributed by atoms with van der Waals surface area (Å²) in [6.45, 7) is 1.46. The van der Waals surface area contributed by atoms with Crippen LogP contribution in [-0.2, 0) is 4.74 Å². The van der Waals surface area contributed by atoms with Gasteiger partial charge in [-0.05, 0) is 19.4 Å². The molecule has 0 radical (unpaired) electrons. The smallest absolute Gasteiger partial charge is 0.406 e. The van der Waals surface area contributed by atoms with Gasteiger partial charge in [0.2, 0.25) is 0 Å². The van der Waals surface area contributed by atoms with Gasteiger partial charge in [-0.25, -0.2) is 4.79 Å². The Labute approximate surface area is 119 Å². The molecule has 15 heavy (non-hydrogen) atoms. The summed E-state index contributed by atoms with van der Waals surface area (Å²) in [4.78, 5) is 10.3. The Hall–Kier alpha value is 0.670. The Morgan fingerprint density at radius 3 is 2.13 bits per heavy atom. The van der Waals surface area contributed by atoms with E-state index in [9.17, 15) is 4.79 Å². The molecule has 0 unspecified atom stereocenters. The Kier molecular flexibility index (Phi) is 28.2. The standard InChI is InChI=1S/C5H10BrNO2.C3H8BrN.BrH/c1-9-5(8)7-4-2-3-6;4-2-1-3-5;/h2-4H2,1H3,(H,7,8);1-3,5H2;1H. The Morgan fingerprint density at radius 2 is 1.87 bits per heavy atom. The minimum atomic E-state index is -0.365. The van der Waals surface area contributed by atoms with Crippen LogP contribution >= 0.6 is 48.8 Å². The fourth-order valence-electron chi connectivity index (χ4n) is 0.407. The van der Waals surface area contributed by atoms with Crippen LogP contribution < -0.4 is 11.1 Å². The number of carbonyl (C=O) groups excluding carboxylic acids is 1. The summed E-state index contributed by atoms with van der Waals surface area (Å²) in [5.74, 6) is 0. The maximum atomic E-state index is 10.3. The first kappa shape index (κ1) is 21.0. The third kappa shape index (κ3) is 25.2. The first-order valence-corrected chi connectivity index (χ1v) is 6.61. The lowest BCUT2D eigenvalue weighted by atomic mass is 10.5. The van der Waals surface area contributed by atoms with Gasteiger partial charge in [0.1, 0.15) is 0 Å². The third-order valence-electron chi connectivity index (χ3n) is 1.10. The quantitative estimate of drug-likeness (QED) is 0.536. The van der Waals surface area contributed by atoms with E-state index in [-0.39, 0.29) is 23.1 Å². The second-order valence-electron chi connectivity index (χ2n) is 2.29. The van der Waals surface area contributed by atoms with E-state index in [1.54, 1.807) is 0 Å². The van der Waals surface area contributed by atoms with Crippen LogP contribution in [0.25, 0.3) is 0 Å². The van der Waals surface area contributed by atoms with Crippen molar-refractivity contribution < 1.29 is 9.53 Å². The number of amides is 1. The number of methoxy groups -OCH3 is 1. The minimum absolute atomic E-state index is 0. The van der Waals surface area contributed by atoms with Crippen molar-refractivity contribution in [3.8, 4) is 0 Å². The molecule has 0 rings (SSSR count). The predicted molar refractivity (Wildman–Crippen MR) is 76.6 cm³/mol. The number of hydrogen-bond acceptors (Lipinski definition) is 3. The molecule has 1 amide bonds. The zero-order valence-electron chi connectivity index (χ0n) is 8.80. The lowest BCUT2D eigenvalue weighted by molar-refractivity contribution is 0.171. The van der Waals surface area contributed by atoms with Gasteiger partial charge in [-0.2, -0.15) is 0 Å². The van der Waals surface area contributed by atoms with Gasteiger partial charge in [0.05, 0.1) is 7.11 Å². The molecular formula is C8H19Br3N2O2. The molecule has 0 atom stereocenters. The van der Waals surface area contributed by atoms with Crippen molar-refractivity contribution in [1.82, 2.24) is 5.32 Å². The number of alkyl halides is 2. The van der Waals surface area contributed by atoms with Crippen LogP contribution in [0.3, 0.4) is 0 Å². The lowest BCUT2D eigenvalue weighted by Crippen LogP contribution is -2.24. The molecule has 4 nitrogen and oxygen atoms in total. The summed E-state index contributed by atoms with van der Waals surface area (Å²) in [5.41, 5.74) is 5.11. The van der Waals surface area contributed by atoms with Crippen LogP contribution in [-0.4, -0.2) is 37.0 Å². The van der Waals surface area contributed by atoms with Gasteiger partial charge in [-0.15, -0.1) is 17.0 Å². The average molecular weight is 415 g/mol. The maximum absolute atomic E-state index is 10.3. The number of hydrogen-bond donors (Lipinski definition) is 2. The number of carbonyl (C=O) groups is 1.